The van der Waals surface area contributed by atoms with Crippen molar-refractivity contribution in [3.05, 3.63) is 0 Å². The van der Waals surface area contributed by atoms with Gasteiger partial charge in [0.25, 0.3) is 0 Å². The predicted octanol–water partition coefficient (Wildman–Crippen LogP) is 2.97. The summed E-state index contributed by atoms with van der Waals surface area (Å²) in [6.07, 6.45) is 1.19. The first-order valence-electron chi connectivity index (χ1n) is 5.26. The van der Waals surface area contributed by atoms with Gasteiger partial charge in [0.2, 0.25) is 0 Å². The molecule has 0 N–H and O–H groups in total. The second-order valence-electron chi connectivity index (χ2n) is 3.56. The summed E-state index contributed by atoms with van der Waals surface area (Å²) in [5, 5.41) is 2.93. The Kier molecular flexibility index (Phi) is 5.31. The Labute approximate surface area is 99.7 Å². The quantitative estimate of drug-likeness (QED) is 0.735. The van der Waals surface area contributed by atoms with Gasteiger partial charge in [0, 0.05) is 23.2 Å². The van der Waals surface area contributed by atoms with Crippen LogP contribution in [0.15, 0.2) is 4.99 Å². The minimum atomic E-state index is 0.611. The van der Waals surface area contributed by atoms with Gasteiger partial charge in [-0.15, -0.1) is 0 Å². The monoisotopic (exact) mass is 278 g/mol. The molecule has 0 radical (unpaired) electrons. The van der Waals surface area contributed by atoms with Crippen molar-refractivity contribution in [2.24, 2.45) is 4.99 Å². The molecule has 1 rings (SSSR count). The van der Waals surface area contributed by atoms with Crippen molar-refractivity contribution in [1.29, 1.82) is 0 Å². The van der Waals surface area contributed by atoms with Gasteiger partial charge < -0.3 is 4.90 Å². The van der Waals surface area contributed by atoms with Crippen molar-refractivity contribution in [1.82, 2.24) is 4.90 Å². The van der Waals surface area contributed by atoms with Gasteiger partial charge >= 0.3 is 0 Å². The average molecular weight is 279 g/mol. The number of aliphatic imine (C=N–C) groups is 1. The third-order valence-electron chi connectivity index (χ3n) is 2.58. The van der Waals surface area contributed by atoms with E-state index in [0.29, 0.717) is 11.3 Å². The molecule has 1 aliphatic heterocycles. The van der Waals surface area contributed by atoms with Crippen LogP contribution in [0.4, 0.5) is 0 Å². The Bertz CT molecular complexity index is 208. The highest BCUT2D eigenvalue weighted by atomic mass is 79.9. The minimum Gasteiger partial charge on any atom is -0.349 e. The van der Waals surface area contributed by atoms with Crippen LogP contribution in [-0.2, 0) is 0 Å². The van der Waals surface area contributed by atoms with Crippen LogP contribution in [0.25, 0.3) is 0 Å². The number of nitrogens with zero attached hydrogens (tertiary/aromatic N) is 2. The molecule has 1 heterocycles. The van der Waals surface area contributed by atoms with Crippen molar-refractivity contribution in [3.63, 3.8) is 0 Å². The van der Waals surface area contributed by atoms with Crippen LogP contribution in [0.1, 0.15) is 27.2 Å². The Morgan fingerprint density at radius 1 is 1.64 bits per heavy atom. The molecule has 82 valence electrons. The topological polar surface area (TPSA) is 15.6 Å². The van der Waals surface area contributed by atoms with Crippen LogP contribution in [0.2, 0.25) is 0 Å². The van der Waals surface area contributed by atoms with Gasteiger partial charge in [-0.25, -0.2) is 0 Å². The van der Waals surface area contributed by atoms with E-state index in [0.717, 1.165) is 18.4 Å². The zero-order chi connectivity index (χ0) is 10.6. The van der Waals surface area contributed by atoms with Gasteiger partial charge in [0.1, 0.15) is 0 Å². The van der Waals surface area contributed by atoms with E-state index in [2.05, 4.69) is 46.6 Å². The summed E-state index contributed by atoms with van der Waals surface area (Å²) in [6.45, 7) is 8.74. The lowest BCUT2D eigenvalue weighted by Gasteiger charge is -2.28. The van der Waals surface area contributed by atoms with Crippen LogP contribution >= 0.6 is 27.7 Å². The molecule has 0 aromatic rings. The molecule has 4 heteroatoms. The van der Waals surface area contributed by atoms with Crippen molar-refractivity contribution in [3.8, 4) is 0 Å². The number of rotatable bonds is 4. The fraction of sp³-hybridized carbons (Fsp3) is 0.900. The first-order chi connectivity index (χ1) is 6.72. The molecular formula is C10H19BrN2S. The molecule has 2 atom stereocenters. The molecule has 14 heavy (non-hydrogen) atoms. The highest BCUT2D eigenvalue weighted by molar-refractivity contribution is 9.09. The van der Waals surface area contributed by atoms with E-state index in [1.807, 2.05) is 11.8 Å². The summed E-state index contributed by atoms with van der Waals surface area (Å²) in [7, 11) is 0. The zero-order valence-corrected chi connectivity index (χ0v) is 11.6. The van der Waals surface area contributed by atoms with Crippen LogP contribution in [0.3, 0.4) is 0 Å². The predicted molar refractivity (Wildman–Crippen MR) is 69.6 cm³/mol. The molecule has 0 saturated carbocycles. The smallest absolute Gasteiger partial charge is 0.159 e. The Balaban J connectivity index is 2.54. The maximum Gasteiger partial charge on any atom is 0.159 e. The largest absolute Gasteiger partial charge is 0.349 e. The first kappa shape index (κ1) is 12.4. The fourth-order valence-electron chi connectivity index (χ4n) is 1.50. The molecule has 2 unspecified atom stereocenters. The number of hydrogen-bond acceptors (Lipinski definition) is 3. The number of hydrogen-bond donors (Lipinski definition) is 0. The van der Waals surface area contributed by atoms with Gasteiger partial charge in [0.05, 0.1) is 6.54 Å². The van der Waals surface area contributed by atoms with Gasteiger partial charge in [-0.3, -0.25) is 4.99 Å². The Hall–Kier alpha value is 0.300. The molecule has 0 fully saturated rings. The molecule has 0 bridgehead atoms. The Morgan fingerprint density at radius 2 is 2.36 bits per heavy atom. The van der Waals surface area contributed by atoms with E-state index in [1.54, 1.807) is 0 Å². The van der Waals surface area contributed by atoms with E-state index in [1.165, 1.54) is 11.6 Å². The van der Waals surface area contributed by atoms with E-state index in [4.69, 9.17) is 0 Å². The van der Waals surface area contributed by atoms with Gasteiger partial charge in [-0.05, 0) is 20.3 Å². The minimum absolute atomic E-state index is 0.611. The summed E-state index contributed by atoms with van der Waals surface area (Å²) in [5.41, 5.74) is 0. The van der Waals surface area contributed by atoms with Crippen LogP contribution < -0.4 is 0 Å². The lowest BCUT2D eigenvalue weighted by molar-refractivity contribution is 0.343. The van der Waals surface area contributed by atoms with Crippen molar-refractivity contribution < 1.29 is 0 Å². The summed E-state index contributed by atoms with van der Waals surface area (Å²) in [5.74, 6) is 0. The summed E-state index contributed by atoms with van der Waals surface area (Å²) < 4.78 is 0. The average Bonchev–Trinajstić information content (AvgIpc) is 2.67. The number of halogens is 1. The molecule has 2 nitrogen and oxygen atoms in total. The maximum atomic E-state index is 4.60. The maximum absolute atomic E-state index is 4.60. The number of amidine groups is 1. The molecule has 0 aliphatic carbocycles. The highest BCUT2D eigenvalue weighted by Crippen LogP contribution is 2.26. The Morgan fingerprint density at radius 3 is 2.79 bits per heavy atom. The summed E-state index contributed by atoms with van der Waals surface area (Å²) >= 11 is 5.43. The van der Waals surface area contributed by atoms with Crippen molar-refractivity contribution in [2.75, 3.05) is 18.4 Å². The molecular weight excluding hydrogens is 260 g/mol. The van der Waals surface area contributed by atoms with Crippen molar-refractivity contribution in [2.45, 2.75) is 38.5 Å². The standard InChI is InChI=1S/C10H19BrN2S/c1-4-8(3)13(5-2)10-12-7-9(6-11)14-10/h8-9H,4-7H2,1-3H3. The van der Waals surface area contributed by atoms with E-state index in [9.17, 15) is 0 Å². The highest BCUT2D eigenvalue weighted by Gasteiger charge is 2.24. The van der Waals surface area contributed by atoms with E-state index in [-0.39, 0.29) is 0 Å². The van der Waals surface area contributed by atoms with Crippen molar-refractivity contribution >= 4 is 32.9 Å². The zero-order valence-electron chi connectivity index (χ0n) is 9.16. The SMILES string of the molecule is CCC(C)N(CC)C1=NCC(CBr)S1. The first-order valence-corrected chi connectivity index (χ1v) is 7.26. The van der Waals surface area contributed by atoms with E-state index >= 15 is 0 Å². The second-order valence-corrected chi connectivity index (χ2v) is 5.48. The second kappa shape index (κ2) is 6.01. The third-order valence-corrected chi connectivity index (χ3v) is 5.02. The van der Waals surface area contributed by atoms with Gasteiger partial charge in [-0.2, -0.15) is 0 Å². The van der Waals surface area contributed by atoms with E-state index < -0.39 is 0 Å². The summed E-state index contributed by atoms with van der Waals surface area (Å²) in [4.78, 5) is 7.01. The fourth-order valence-corrected chi connectivity index (χ4v) is 3.20. The lowest BCUT2D eigenvalue weighted by Crippen LogP contribution is -2.36. The van der Waals surface area contributed by atoms with Gasteiger partial charge in [0.15, 0.2) is 5.17 Å². The number of alkyl halides is 1. The molecule has 0 aromatic carbocycles. The lowest BCUT2D eigenvalue weighted by atomic mass is 10.2. The van der Waals surface area contributed by atoms with Gasteiger partial charge in [-0.1, -0.05) is 34.6 Å². The molecule has 0 aromatic heterocycles. The molecule has 0 saturated heterocycles. The molecule has 0 amide bonds. The molecule has 0 spiro atoms. The third kappa shape index (κ3) is 2.89. The normalized spacial score (nSPS) is 23.4. The van der Waals surface area contributed by atoms with Crippen LogP contribution in [-0.4, -0.2) is 39.8 Å². The number of thioether (sulfide) groups is 1. The van der Waals surface area contributed by atoms with Crippen LogP contribution in [0, 0.1) is 0 Å². The summed E-state index contributed by atoms with van der Waals surface area (Å²) in [6, 6.07) is 0.611. The molecule has 1 aliphatic rings. The van der Waals surface area contributed by atoms with Crippen LogP contribution in [0.5, 0.6) is 0 Å².